The molecule has 1 aromatic heterocycles. The lowest BCUT2D eigenvalue weighted by Crippen LogP contribution is -2.02. The quantitative estimate of drug-likeness (QED) is 0.808. The lowest BCUT2D eigenvalue weighted by Gasteiger charge is -2.07. The predicted molar refractivity (Wildman–Crippen MR) is 60.8 cm³/mol. The number of aromatic nitrogens is 2. The summed E-state index contributed by atoms with van der Waals surface area (Å²) in [7, 11) is 0. The van der Waals surface area contributed by atoms with Gasteiger partial charge < -0.3 is 11.1 Å². The summed E-state index contributed by atoms with van der Waals surface area (Å²) in [5.41, 5.74) is 5.53. The molecular weight excluding hydrogens is 245 g/mol. The van der Waals surface area contributed by atoms with Crippen LogP contribution in [0.3, 0.4) is 0 Å². The van der Waals surface area contributed by atoms with Crippen LogP contribution in [0, 0.1) is 24.4 Å². The Morgan fingerprint density at radius 3 is 2.22 bits per heavy atom. The fraction of sp³-hybridized carbons (Fsp3) is 0.0909. The van der Waals surface area contributed by atoms with Gasteiger partial charge in [-0.05, 0) is 6.92 Å². The fourth-order valence-electron chi connectivity index (χ4n) is 1.43. The van der Waals surface area contributed by atoms with E-state index in [4.69, 9.17) is 5.73 Å². The molecule has 0 amide bonds. The van der Waals surface area contributed by atoms with Gasteiger partial charge in [0.15, 0.2) is 17.5 Å². The third kappa shape index (κ3) is 2.50. The third-order valence-electron chi connectivity index (χ3n) is 2.11. The number of hydrogen-bond donors (Lipinski definition) is 2. The van der Waals surface area contributed by atoms with Crippen molar-refractivity contribution in [3.05, 3.63) is 41.5 Å². The van der Waals surface area contributed by atoms with Crippen LogP contribution < -0.4 is 11.1 Å². The fourth-order valence-corrected chi connectivity index (χ4v) is 1.43. The standard InChI is InChI=1S/C11H9F3N4/c1-5-16-9(15)4-10(17-5)18-6-2-7(12)11(14)8(13)3-6/h2-4H,1H3,(H3,15,16,17,18). The first kappa shape index (κ1) is 12.2. The van der Waals surface area contributed by atoms with Crippen molar-refractivity contribution >= 4 is 17.3 Å². The maximum absolute atomic E-state index is 13.0. The van der Waals surface area contributed by atoms with Crippen LogP contribution in [-0.4, -0.2) is 9.97 Å². The van der Waals surface area contributed by atoms with E-state index in [1.54, 1.807) is 6.92 Å². The maximum Gasteiger partial charge on any atom is 0.194 e. The Labute approximate surface area is 101 Å². The lowest BCUT2D eigenvalue weighted by atomic mass is 10.3. The smallest absolute Gasteiger partial charge is 0.194 e. The van der Waals surface area contributed by atoms with E-state index in [-0.39, 0.29) is 17.3 Å². The zero-order valence-electron chi connectivity index (χ0n) is 9.34. The van der Waals surface area contributed by atoms with Crippen LogP contribution in [0.25, 0.3) is 0 Å². The summed E-state index contributed by atoms with van der Waals surface area (Å²) in [6, 6.07) is 3.05. The van der Waals surface area contributed by atoms with E-state index < -0.39 is 17.5 Å². The number of nitrogens with two attached hydrogens (primary N) is 1. The van der Waals surface area contributed by atoms with E-state index in [1.165, 1.54) is 6.07 Å². The number of nitrogen functional groups attached to an aromatic ring is 1. The molecule has 1 aromatic carbocycles. The van der Waals surface area contributed by atoms with Crippen LogP contribution in [-0.2, 0) is 0 Å². The molecule has 0 fully saturated rings. The predicted octanol–water partition coefficient (Wildman–Crippen LogP) is 2.53. The molecule has 2 rings (SSSR count). The molecule has 0 unspecified atom stereocenters. The molecule has 18 heavy (non-hydrogen) atoms. The molecule has 2 aromatic rings. The Morgan fingerprint density at radius 2 is 1.67 bits per heavy atom. The van der Waals surface area contributed by atoms with Gasteiger partial charge in [0.1, 0.15) is 17.5 Å². The normalized spacial score (nSPS) is 10.4. The van der Waals surface area contributed by atoms with Gasteiger partial charge in [0, 0.05) is 23.9 Å². The van der Waals surface area contributed by atoms with Crippen molar-refractivity contribution < 1.29 is 13.2 Å². The second-order valence-electron chi connectivity index (χ2n) is 3.60. The number of nitrogens with zero attached hydrogens (tertiary/aromatic N) is 2. The first-order chi connectivity index (χ1) is 8.45. The first-order valence-corrected chi connectivity index (χ1v) is 4.98. The van der Waals surface area contributed by atoms with Crippen molar-refractivity contribution in [2.45, 2.75) is 6.92 Å². The Balaban J connectivity index is 2.34. The molecule has 4 nitrogen and oxygen atoms in total. The minimum atomic E-state index is -1.51. The second kappa shape index (κ2) is 4.52. The highest BCUT2D eigenvalue weighted by molar-refractivity contribution is 5.58. The van der Waals surface area contributed by atoms with E-state index >= 15 is 0 Å². The molecule has 7 heteroatoms. The Bertz CT molecular complexity index is 558. The molecule has 0 atom stereocenters. The van der Waals surface area contributed by atoms with Crippen LogP contribution in [0.15, 0.2) is 18.2 Å². The van der Waals surface area contributed by atoms with Crippen molar-refractivity contribution in [3.8, 4) is 0 Å². The van der Waals surface area contributed by atoms with Gasteiger partial charge in [-0.2, -0.15) is 0 Å². The Hall–Kier alpha value is -2.31. The summed E-state index contributed by atoms with van der Waals surface area (Å²) in [6.45, 7) is 1.62. The number of aryl methyl sites for hydroxylation is 1. The van der Waals surface area contributed by atoms with Gasteiger partial charge in [0.2, 0.25) is 0 Å². The molecule has 0 spiro atoms. The highest BCUT2D eigenvalue weighted by Gasteiger charge is 2.11. The highest BCUT2D eigenvalue weighted by atomic mass is 19.2. The van der Waals surface area contributed by atoms with Crippen molar-refractivity contribution in [2.24, 2.45) is 0 Å². The SMILES string of the molecule is Cc1nc(N)cc(Nc2cc(F)c(F)c(F)c2)n1. The maximum atomic E-state index is 13.0. The zero-order valence-corrected chi connectivity index (χ0v) is 9.34. The van der Waals surface area contributed by atoms with E-state index in [9.17, 15) is 13.2 Å². The largest absolute Gasteiger partial charge is 0.384 e. The lowest BCUT2D eigenvalue weighted by molar-refractivity contribution is 0.448. The Morgan fingerprint density at radius 1 is 1.06 bits per heavy atom. The van der Waals surface area contributed by atoms with E-state index in [2.05, 4.69) is 15.3 Å². The number of nitrogens with one attached hydrogen (secondary N) is 1. The molecule has 94 valence electrons. The molecule has 0 aliphatic heterocycles. The monoisotopic (exact) mass is 254 g/mol. The molecule has 0 aliphatic carbocycles. The molecule has 0 saturated carbocycles. The second-order valence-corrected chi connectivity index (χ2v) is 3.60. The van der Waals surface area contributed by atoms with Gasteiger partial charge in [-0.3, -0.25) is 0 Å². The topological polar surface area (TPSA) is 63.8 Å². The van der Waals surface area contributed by atoms with Crippen LogP contribution in [0.2, 0.25) is 0 Å². The van der Waals surface area contributed by atoms with Gasteiger partial charge in [0.05, 0.1) is 0 Å². The van der Waals surface area contributed by atoms with Crippen LogP contribution in [0.1, 0.15) is 5.82 Å². The third-order valence-corrected chi connectivity index (χ3v) is 2.11. The van der Waals surface area contributed by atoms with E-state index in [0.29, 0.717) is 5.82 Å². The summed E-state index contributed by atoms with van der Waals surface area (Å²) < 4.78 is 38.7. The molecular formula is C11H9F3N4. The van der Waals surface area contributed by atoms with Crippen molar-refractivity contribution in [2.75, 3.05) is 11.1 Å². The van der Waals surface area contributed by atoms with Crippen molar-refractivity contribution in [1.29, 1.82) is 0 Å². The average Bonchev–Trinajstić information content (AvgIpc) is 2.24. The van der Waals surface area contributed by atoms with Gasteiger partial charge in [0.25, 0.3) is 0 Å². The average molecular weight is 254 g/mol. The molecule has 1 heterocycles. The molecule has 0 aliphatic rings. The van der Waals surface area contributed by atoms with Gasteiger partial charge in [-0.15, -0.1) is 0 Å². The summed E-state index contributed by atoms with van der Waals surface area (Å²) in [6.07, 6.45) is 0. The molecule has 0 bridgehead atoms. The number of benzene rings is 1. The Kier molecular flexibility index (Phi) is 3.05. The first-order valence-electron chi connectivity index (χ1n) is 4.98. The number of rotatable bonds is 2. The van der Waals surface area contributed by atoms with E-state index in [0.717, 1.165) is 12.1 Å². The summed E-state index contributed by atoms with van der Waals surface area (Å²) in [4.78, 5) is 7.81. The minimum Gasteiger partial charge on any atom is -0.384 e. The van der Waals surface area contributed by atoms with E-state index in [1.807, 2.05) is 0 Å². The summed E-state index contributed by atoms with van der Waals surface area (Å²) in [5.74, 6) is -3.19. The van der Waals surface area contributed by atoms with Crippen LogP contribution >= 0.6 is 0 Å². The molecule has 0 radical (unpaired) electrons. The summed E-state index contributed by atoms with van der Waals surface area (Å²) >= 11 is 0. The minimum absolute atomic E-state index is 0.0314. The van der Waals surface area contributed by atoms with Gasteiger partial charge in [-0.25, -0.2) is 23.1 Å². The number of anilines is 3. The number of hydrogen-bond acceptors (Lipinski definition) is 4. The van der Waals surface area contributed by atoms with Crippen molar-refractivity contribution in [3.63, 3.8) is 0 Å². The van der Waals surface area contributed by atoms with Gasteiger partial charge >= 0.3 is 0 Å². The van der Waals surface area contributed by atoms with Crippen molar-refractivity contribution in [1.82, 2.24) is 9.97 Å². The van der Waals surface area contributed by atoms with Crippen LogP contribution in [0.5, 0.6) is 0 Å². The number of halogens is 3. The zero-order chi connectivity index (χ0) is 13.3. The highest BCUT2D eigenvalue weighted by Crippen LogP contribution is 2.21. The van der Waals surface area contributed by atoms with Gasteiger partial charge in [-0.1, -0.05) is 0 Å². The molecule has 3 N–H and O–H groups in total. The summed E-state index contributed by atoms with van der Waals surface area (Å²) in [5, 5.41) is 2.62. The molecule has 0 saturated heterocycles. The van der Waals surface area contributed by atoms with Crippen LogP contribution in [0.4, 0.5) is 30.5 Å².